The number of carbonyl (C=O) groups excluding carboxylic acids is 1. The van der Waals surface area contributed by atoms with Crippen LogP contribution >= 0.6 is 0 Å². The van der Waals surface area contributed by atoms with Gasteiger partial charge in [0.2, 0.25) is 0 Å². The molecule has 0 N–H and O–H groups in total. The van der Waals surface area contributed by atoms with Gasteiger partial charge in [-0.05, 0) is 44.9 Å². The first-order valence-electron chi connectivity index (χ1n) is 13.0. The lowest BCUT2D eigenvalue weighted by atomic mass is 10.1. The van der Waals surface area contributed by atoms with Gasteiger partial charge in [-0.3, -0.25) is 4.79 Å². The van der Waals surface area contributed by atoms with E-state index in [9.17, 15) is 4.79 Å². The summed E-state index contributed by atoms with van der Waals surface area (Å²) >= 11 is 0. The SMILES string of the molecule is CCCCCCCOC(CCCCCCC(CC)OC(C)=O)OCCCCCCC. The molecule has 0 saturated carbocycles. The highest BCUT2D eigenvalue weighted by Crippen LogP contribution is 2.15. The summed E-state index contributed by atoms with van der Waals surface area (Å²) < 4.78 is 17.5. The molecule has 0 amide bonds. The van der Waals surface area contributed by atoms with Crippen LogP contribution in [0.25, 0.3) is 0 Å². The Hall–Kier alpha value is -0.610. The standard InChI is InChI=1S/C26H52O4/c1-5-8-10-14-18-22-28-26(29-23-19-15-11-9-6-2)21-17-13-12-16-20-25(7-3)30-24(4)27/h25-26H,5-23H2,1-4H3. The number of unbranched alkanes of at least 4 members (excludes halogenated alkanes) is 11. The molecule has 0 aromatic rings. The molecule has 0 aliphatic rings. The van der Waals surface area contributed by atoms with E-state index in [-0.39, 0.29) is 18.4 Å². The molecule has 0 heterocycles. The maximum atomic E-state index is 11.1. The van der Waals surface area contributed by atoms with Crippen LogP contribution in [0.4, 0.5) is 0 Å². The minimum atomic E-state index is -0.164. The van der Waals surface area contributed by atoms with Crippen molar-refractivity contribution in [2.24, 2.45) is 0 Å². The fraction of sp³-hybridized carbons (Fsp3) is 0.962. The van der Waals surface area contributed by atoms with Crippen LogP contribution < -0.4 is 0 Å². The molecule has 0 bridgehead atoms. The highest BCUT2D eigenvalue weighted by Gasteiger charge is 2.11. The van der Waals surface area contributed by atoms with E-state index in [0.29, 0.717) is 0 Å². The molecule has 4 heteroatoms. The quantitative estimate of drug-likeness (QED) is 0.0940. The maximum absolute atomic E-state index is 11.1. The molecule has 180 valence electrons. The largest absolute Gasteiger partial charge is 0.463 e. The fourth-order valence-corrected chi connectivity index (χ4v) is 3.67. The summed E-state index contributed by atoms with van der Waals surface area (Å²) in [5, 5.41) is 0. The smallest absolute Gasteiger partial charge is 0.302 e. The molecule has 0 rings (SSSR count). The molecule has 30 heavy (non-hydrogen) atoms. The van der Waals surface area contributed by atoms with Gasteiger partial charge in [0.25, 0.3) is 0 Å². The van der Waals surface area contributed by atoms with Crippen molar-refractivity contribution in [3.63, 3.8) is 0 Å². The van der Waals surface area contributed by atoms with Crippen LogP contribution in [-0.4, -0.2) is 31.6 Å². The summed E-state index contributed by atoms with van der Waals surface area (Å²) in [7, 11) is 0. The summed E-state index contributed by atoms with van der Waals surface area (Å²) in [4.78, 5) is 11.1. The highest BCUT2D eigenvalue weighted by molar-refractivity contribution is 5.66. The number of carbonyl (C=O) groups is 1. The van der Waals surface area contributed by atoms with Crippen LogP contribution in [0.15, 0.2) is 0 Å². The Kier molecular flexibility index (Phi) is 22.6. The first-order chi connectivity index (χ1) is 14.6. The third-order valence-corrected chi connectivity index (χ3v) is 5.61. The number of ether oxygens (including phenoxy) is 3. The second kappa shape index (κ2) is 23.1. The molecule has 0 aliphatic heterocycles. The zero-order valence-corrected chi connectivity index (χ0v) is 20.7. The van der Waals surface area contributed by atoms with Crippen molar-refractivity contribution in [2.45, 2.75) is 149 Å². The molecular weight excluding hydrogens is 376 g/mol. The van der Waals surface area contributed by atoms with Crippen molar-refractivity contribution in [3.8, 4) is 0 Å². The van der Waals surface area contributed by atoms with E-state index in [1.165, 1.54) is 71.1 Å². The van der Waals surface area contributed by atoms with Gasteiger partial charge in [-0.25, -0.2) is 0 Å². The van der Waals surface area contributed by atoms with Gasteiger partial charge in [0.05, 0.1) is 0 Å². The lowest BCUT2D eigenvalue weighted by Gasteiger charge is -2.19. The minimum absolute atomic E-state index is 0.0354. The maximum Gasteiger partial charge on any atom is 0.302 e. The number of hydrogen-bond donors (Lipinski definition) is 0. The van der Waals surface area contributed by atoms with Gasteiger partial charge in [0, 0.05) is 20.1 Å². The average molecular weight is 429 g/mol. The predicted octanol–water partition coefficient (Wildman–Crippen LogP) is 7.97. The second-order valence-electron chi connectivity index (χ2n) is 8.63. The minimum Gasteiger partial charge on any atom is -0.463 e. The summed E-state index contributed by atoms with van der Waals surface area (Å²) in [6.45, 7) is 9.72. The van der Waals surface area contributed by atoms with Crippen LogP contribution in [0.2, 0.25) is 0 Å². The summed E-state index contributed by atoms with van der Waals surface area (Å²) in [5.41, 5.74) is 0. The number of esters is 1. The second-order valence-corrected chi connectivity index (χ2v) is 8.63. The molecule has 0 aromatic carbocycles. The highest BCUT2D eigenvalue weighted by atomic mass is 16.7. The topological polar surface area (TPSA) is 44.8 Å². The normalized spacial score (nSPS) is 12.4. The van der Waals surface area contributed by atoms with Crippen LogP contribution in [0, 0.1) is 0 Å². The van der Waals surface area contributed by atoms with Gasteiger partial charge in [0.15, 0.2) is 6.29 Å². The summed E-state index contributed by atoms with van der Waals surface area (Å²) in [6.07, 6.45) is 20.2. The van der Waals surface area contributed by atoms with Crippen molar-refractivity contribution in [2.75, 3.05) is 13.2 Å². The Bertz CT molecular complexity index is 343. The van der Waals surface area contributed by atoms with Crippen molar-refractivity contribution < 1.29 is 19.0 Å². The third kappa shape index (κ3) is 20.7. The molecule has 0 fully saturated rings. The molecule has 0 aromatic heterocycles. The fourth-order valence-electron chi connectivity index (χ4n) is 3.67. The van der Waals surface area contributed by atoms with Crippen molar-refractivity contribution in [3.05, 3.63) is 0 Å². The zero-order valence-electron chi connectivity index (χ0n) is 20.7. The molecule has 1 atom stereocenters. The Morgan fingerprint density at radius 3 is 1.57 bits per heavy atom. The van der Waals surface area contributed by atoms with E-state index in [0.717, 1.165) is 58.2 Å². The van der Waals surface area contributed by atoms with Crippen LogP contribution in [-0.2, 0) is 19.0 Å². The van der Waals surface area contributed by atoms with Gasteiger partial charge in [0.1, 0.15) is 6.10 Å². The molecule has 0 radical (unpaired) electrons. The van der Waals surface area contributed by atoms with E-state index < -0.39 is 0 Å². The lowest BCUT2D eigenvalue weighted by molar-refractivity contribution is -0.148. The van der Waals surface area contributed by atoms with Crippen molar-refractivity contribution in [1.82, 2.24) is 0 Å². The number of hydrogen-bond acceptors (Lipinski definition) is 4. The van der Waals surface area contributed by atoms with Gasteiger partial charge in [-0.15, -0.1) is 0 Å². The summed E-state index contributed by atoms with van der Waals surface area (Å²) in [5.74, 6) is -0.164. The van der Waals surface area contributed by atoms with Gasteiger partial charge in [-0.1, -0.05) is 85.0 Å². The van der Waals surface area contributed by atoms with Crippen LogP contribution in [0.5, 0.6) is 0 Å². The average Bonchev–Trinajstić information content (AvgIpc) is 2.73. The number of rotatable bonds is 23. The van der Waals surface area contributed by atoms with Gasteiger partial charge in [-0.2, -0.15) is 0 Å². The molecule has 1 unspecified atom stereocenters. The van der Waals surface area contributed by atoms with Crippen LogP contribution in [0.3, 0.4) is 0 Å². The summed E-state index contributed by atoms with van der Waals surface area (Å²) in [6, 6.07) is 0. The van der Waals surface area contributed by atoms with E-state index in [4.69, 9.17) is 14.2 Å². The molecule has 0 spiro atoms. The third-order valence-electron chi connectivity index (χ3n) is 5.61. The van der Waals surface area contributed by atoms with Gasteiger partial charge < -0.3 is 14.2 Å². The molecule has 0 saturated heterocycles. The Labute approximate surface area is 187 Å². The van der Waals surface area contributed by atoms with E-state index in [1.807, 2.05) is 0 Å². The van der Waals surface area contributed by atoms with Crippen molar-refractivity contribution in [1.29, 1.82) is 0 Å². The first-order valence-corrected chi connectivity index (χ1v) is 13.0. The Morgan fingerprint density at radius 2 is 1.10 bits per heavy atom. The van der Waals surface area contributed by atoms with Crippen molar-refractivity contribution >= 4 is 5.97 Å². The van der Waals surface area contributed by atoms with E-state index in [2.05, 4.69) is 20.8 Å². The molecule has 4 nitrogen and oxygen atoms in total. The monoisotopic (exact) mass is 428 g/mol. The Balaban J connectivity index is 3.96. The lowest BCUT2D eigenvalue weighted by Crippen LogP contribution is -2.19. The Morgan fingerprint density at radius 1 is 0.633 bits per heavy atom. The van der Waals surface area contributed by atoms with E-state index in [1.54, 1.807) is 0 Å². The first kappa shape index (κ1) is 29.4. The van der Waals surface area contributed by atoms with Gasteiger partial charge >= 0.3 is 5.97 Å². The van der Waals surface area contributed by atoms with E-state index >= 15 is 0 Å². The predicted molar refractivity (Wildman–Crippen MR) is 127 cm³/mol. The molecular formula is C26H52O4. The molecule has 0 aliphatic carbocycles. The zero-order chi connectivity index (χ0) is 22.3. The van der Waals surface area contributed by atoms with Crippen LogP contribution in [0.1, 0.15) is 137 Å².